The van der Waals surface area contributed by atoms with Crippen LogP contribution in [0.25, 0.3) is 0 Å². The van der Waals surface area contributed by atoms with Crippen molar-refractivity contribution in [1.82, 2.24) is 4.90 Å². The van der Waals surface area contributed by atoms with E-state index in [2.05, 4.69) is 0 Å². The Morgan fingerprint density at radius 1 is 1.12 bits per heavy atom. The number of hydrogen-bond donors (Lipinski definition) is 1. The van der Waals surface area contributed by atoms with Gasteiger partial charge in [-0.1, -0.05) is 42.5 Å². The Labute approximate surface area is 149 Å². The van der Waals surface area contributed by atoms with Crippen molar-refractivity contribution in [2.45, 2.75) is 16.6 Å². The number of benzene rings is 2. The lowest BCUT2D eigenvalue weighted by atomic mass is 10.1. The molecule has 1 amide bonds. The van der Waals surface area contributed by atoms with Gasteiger partial charge < -0.3 is 10.0 Å². The number of carboxylic acid groups (broad SMARTS) is 1. The molecular weight excluding hydrogens is 341 g/mol. The van der Waals surface area contributed by atoms with E-state index in [-0.39, 0.29) is 18.3 Å². The van der Waals surface area contributed by atoms with Crippen molar-refractivity contribution >= 4 is 23.6 Å². The molecule has 0 aliphatic carbocycles. The van der Waals surface area contributed by atoms with Gasteiger partial charge in [0.1, 0.15) is 11.1 Å². The van der Waals surface area contributed by atoms with E-state index in [1.54, 1.807) is 23.1 Å². The number of likely N-dealkylation sites (tertiary alicyclic amines) is 1. The molecule has 0 saturated carbocycles. The Bertz CT molecular complexity index is 768. The second-order valence-electron chi connectivity index (χ2n) is 5.95. The van der Waals surface area contributed by atoms with E-state index in [0.29, 0.717) is 17.9 Å². The lowest BCUT2D eigenvalue weighted by Crippen LogP contribution is -2.33. The summed E-state index contributed by atoms with van der Waals surface area (Å²) in [5, 5.41) is 8.54. The van der Waals surface area contributed by atoms with Crippen LogP contribution in [-0.4, -0.2) is 35.0 Å². The van der Waals surface area contributed by atoms with Gasteiger partial charge in [-0.2, -0.15) is 0 Å². The van der Waals surface area contributed by atoms with Crippen LogP contribution in [0.4, 0.5) is 4.39 Å². The molecule has 0 bridgehead atoms. The number of hydrogen-bond acceptors (Lipinski definition) is 3. The Morgan fingerprint density at radius 3 is 2.44 bits per heavy atom. The van der Waals surface area contributed by atoms with Gasteiger partial charge in [0.2, 0.25) is 5.91 Å². The molecule has 0 radical (unpaired) electrons. The second-order valence-corrected chi connectivity index (χ2v) is 7.09. The minimum absolute atomic E-state index is 0.178. The van der Waals surface area contributed by atoms with E-state index in [9.17, 15) is 14.0 Å². The van der Waals surface area contributed by atoms with Crippen LogP contribution < -0.4 is 0 Å². The lowest BCUT2D eigenvalue weighted by Gasteiger charge is -2.23. The number of rotatable bonds is 5. The van der Waals surface area contributed by atoms with Crippen LogP contribution in [0.1, 0.15) is 17.2 Å². The number of halogens is 1. The zero-order valence-corrected chi connectivity index (χ0v) is 14.3. The maximum absolute atomic E-state index is 14.1. The predicted octanol–water partition coefficient (Wildman–Crippen LogP) is 3.59. The van der Waals surface area contributed by atoms with E-state index in [1.165, 1.54) is 6.07 Å². The quantitative estimate of drug-likeness (QED) is 0.829. The van der Waals surface area contributed by atoms with E-state index >= 15 is 0 Å². The highest BCUT2D eigenvalue weighted by atomic mass is 32.2. The number of amides is 1. The van der Waals surface area contributed by atoms with Crippen LogP contribution in [0.5, 0.6) is 0 Å². The van der Waals surface area contributed by atoms with Crippen LogP contribution >= 0.6 is 11.8 Å². The SMILES string of the molecule is O=C(O)C1CCN(C(=O)C(Sc2ccccc2F)c2ccccc2)C1. The first-order chi connectivity index (χ1) is 12.1. The highest BCUT2D eigenvalue weighted by molar-refractivity contribution is 8.00. The molecule has 1 heterocycles. The minimum atomic E-state index is -0.881. The largest absolute Gasteiger partial charge is 0.481 e. The number of carbonyl (C=O) groups is 2. The fraction of sp³-hybridized carbons (Fsp3) is 0.263. The molecule has 25 heavy (non-hydrogen) atoms. The molecule has 0 spiro atoms. The average Bonchev–Trinajstić information content (AvgIpc) is 3.12. The normalized spacial score (nSPS) is 18.1. The van der Waals surface area contributed by atoms with Crippen LogP contribution in [-0.2, 0) is 9.59 Å². The topological polar surface area (TPSA) is 57.6 Å². The standard InChI is InChI=1S/C19H18FNO3S/c20-15-8-4-5-9-16(15)25-17(13-6-2-1-3-7-13)18(22)21-11-10-14(12-21)19(23)24/h1-9,14,17H,10-12H2,(H,23,24). The van der Waals surface area contributed by atoms with E-state index < -0.39 is 17.1 Å². The van der Waals surface area contributed by atoms with E-state index in [0.717, 1.165) is 17.3 Å². The molecule has 2 aromatic rings. The molecular formula is C19H18FNO3S. The fourth-order valence-corrected chi connectivity index (χ4v) is 4.02. The summed E-state index contributed by atoms with van der Waals surface area (Å²) in [6, 6.07) is 15.5. The molecule has 0 aromatic heterocycles. The van der Waals surface area contributed by atoms with Crippen molar-refractivity contribution in [2.24, 2.45) is 5.92 Å². The summed E-state index contributed by atoms with van der Waals surface area (Å²) < 4.78 is 14.1. The average molecular weight is 359 g/mol. The van der Waals surface area contributed by atoms with Gasteiger partial charge in [0.25, 0.3) is 0 Å². The van der Waals surface area contributed by atoms with Crippen molar-refractivity contribution in [3.63, 3.8) is 0 Å². The Kier molecular flexibility index (Phi) is 5.38. The zero-order chi connectivity index (χ0) is 17.8. The highest BCUT2D eigenvalue weighted by Crippen LogP contribution is 2.38. The molecule has 1 aliphatic rings. The second kappa shape index (κ2) is 7.70. The Balaban J connectivity index is 1.85. The molecule has 2 aromatic carbocycles. The third-order valence-corrected chi connectivity index (χ3v) is 5.55. The summed E-state index contributed by atoms with van der Waals surface area (Å²) >= 11 is 1.16. The fourth-order valence-electron chi connectivity index (χ4n) is 2.88. The van der Waals surface area contributed by atoms with Gasteiger partial charge in [-0.25, -0.2) is 4.39 Å². The van der Waals surface area contributed by atoms with Crippen molar-refractivity contribution in [1.29, 1.82) is 0 Å². The zero-order valence-electron chi connectivity index (χ0n) is 13.5. The Morgan fingerprint density at radius 2 is 1.80 bits per heavy atom. The van der Waals surface area contributed by atoms with Gasteiger partial charge >= 0.3 is 5.97 Å². The molecule has 130 valence electrons. The third-order valence-electron chi connectivity index (χ3n) is 4.26. The van der Waals surface area contributed by atoms with E-state index in [4.69, 9.17) is 5.11 Å². The molecule has 6 heteroatoms. The smallest absolute Gasteiger partial charge is 0.308 e. The van der Waals surface area contributed by atoms with Crippen molar-refractivity contribution in [3.05, 3.63) is 66.0 Å². The van der Waals surface area contributed by atoms with Crippen molar-refractivity contribution in [2.75, 3.05) is 13.1 Å². The summed E-state index contributed by atoms with van der Waals surface area (Å²) in [4.78, 5) is 26.1. The molecule has 1 N–H and O–H groups in total. The molecule has 3 rings (SSSR count). The predicted molar refractivity (Wildman–Crippen MR) is 93.8 cm³/mol. The van der Waals surface area contributed by atoms with Gasteiger partial charge in [-0.15, -0.1) is 11.8 Å². The Hall–Kier alpha value is -2.34. The first-order valence-electron chi connectivity index (χ1n) is 8.04. The maximum Gasteiger partial charge on any atom is 0.308 e. The maximum atomic E-state index is 14.1. The van der Waals surface area contributed by atoms with E-state index in [1.807, 2.05) is 30.3 Å². The number of nitrogens with zero attached hydrogens (tertiary/aromatic N) is 1. The first-order valence-corrected chi connectivity index (χ1v) is 8.92. The first kappa shape index (κ1) is 17.5. The molecule has 1 saturated heterocycles. The molecule has 1 fully saturated rings. The van der Waals surface area contributed by atoms with Crippen LogP contribution in [0.3, 0.4) is 0 Å². The van der Waals surface area contributed by atoms with Crippen LogP contribution in [0.2, 0.25) is 0 Å². The number of carbonyl (C=O) groups excluding carboxylic acids is 1. The van der Waals surface area contributed by atoms with Gasteiger partial charge in [0.05, 0.1) is 5.92 Å². The summed E-state index contributed by atoms with van der Waals surface area (Å²) in [7, 11) is 0. The molecule has 2 unspecified atom stereocenters. The van der Waals surface area contributed by atoms with Gasteiger partial charge in [0.15, 0.2) is 0 Å². The van der Waals surface area contributed by atoms with Crippen LogP contribution in [0, 0.1) is 11.7 Å². The van der Waals surface area contributed by atoms with Gasteiger partial charge in [0, 0.05) is 18.0 Å². The van der Waals surface area contributed by atoms with Crippen LogP contribution in [0.15, 0.2) is 59.5 Å². The summed E-state index contributed by atoms with van der Waals surface area (Å²) in [6.45, 7) is 0.617. The monoisotopic (exact) mass is 359 g/mol. The summed E-state index contributed by atoms with van der Waals surface area (Å²) in [5.41, 5.74) is 0.777. The van der Waals surface area contributed by atoms with Crippen molar-refractivity contribution in [3.8, 4) is 0 Å². The third kappa shape index (κ3) is 4.02. The molecule has 2 atom stereocenters. The number of thioether (sulfide) groups is 1. The summed E-state index contributed by atoms with van der Waals surface area (Å²) in [5.74, 6) is -1.96. The number of carboxylic acids is 1. The molecule has 4 nitrogen and oxygen atoms in total. The summed E-state index contributed by atoms with van der Waals surface area (Å²) in [6.07, 6.45) is 0.451. The molecule has 1 aliphatic heterocycles. The van der Waals surface area contributed by atoms with Gasteiger partial charge in [-0.05, 0) is 24.1 Å². The lowest BCUT2D eigenvalue weighted by molar-refractivity contribution is -0.141. The van der Waals surface area contributed by atoms with Gasteiger partial charge in [-0.3, -0.25) is 9.59 Å². The number of aliphatic carboxylic acids is 1. The minimum Gasteiger partial charge on any atom is -0.481 e. The highest BCUT2D eigenvalue weighted by Gasteiger charge is 2.35. The van der Waals surface area contributed by atoms with Crippen molar-refractivity contribution < 1.29 is 19.1 Å².